The molecule has 0 amide bonds. The topological polar surface area (TPSA) is 64.3 Å². The summed E-state index contributed by atoms with van der Waals surface area (Å²) in [7, 11) is 0. The Bertz CT molecular complexity index is 299. The molecule has 4 heteroatoms. The molecule has 0 fully saturated rings. The smallest absolute Gasteiger partial charge is 0.302 e. The van der Waals surface area contributed by atoms with Gasteiger partial charge in [-0.15, -0.1) is 0 Å². The van der Waals surface area contributed by atoms with E-state index in [4.69, 9.17) is 10.6 Å². The van der Waals surface area contributed by atoms with Crippen LogP contribution in [0.2, 0.25) is 0 Å². The van der Waals surface area contributed by atoms with Gasteiger partial charge in [0.2, 0.25) is 0 Å². The number of carbonyl (C=O) groups is 1. The van der Waals surface area contributed by atoms with Crippen LogP contribution in [0.25, 0.3) is 0 Å². The van der Waals surface area contributed by atoms with Crippen molar-refractivity contribution in [3.63, 3.8) is 0 Å². The third-order valence-corrected chi connectivity index (χ3v) is 1.54. The van der Waals surface area contributed by atoms with Gasteiger partial charge in [0.05, 0.1) is 0 Å². The summed E-state index contributed by atoms with van der Waals surface area (Å²) in [6.45, 7) is 1.66. The second-order valence-corrected chi connectivity index (χ2v) is 2.62. The number of hydrazine groups is 1. The highest BCUT2D eigenvalue weighted by atomic mass is 16.5. The zero-order chi connectivity index (χ0) is 9.68. The minimum absolute atomic E-state index is 0.283. The number of rotatable bonds is 3. The van der Waals surface area contributed by atoms with E-state index >= 15 is 0 Å². The number of benzene rings is 1. The molecule has 1 aromatic rings. The van der Waals surface area contributed by atoms with E-state index in [1.165, 1.54) is 6.92 Å². The Morgan fingerprint density at radius 1 is 1.62 bits per heavy atom. The maximum Gasteiger partial charge on any atom is 0.302 e. The SMILES string of the molecule is CC(=O)OCc1cccc(NN)c1. The Morgan fingerprint density at radius 2 is 2.38 bits per heavy atom. The summed E-state index contributed by atoms with van der Waals surface area (Å²) in [5.41, 5.74) is 4.22. The van der Waals surface area contributed by atoms with E-state index in [-0.39, 0.29) is 12.6 Å². The predicted molar refractivity (Wildman–Crippen MR) is 49.7 cm³/mol. The molecular formula is C9H12N2O2. The molecule has 0 unspecified atom stereocenters. The highest BCUT2D eigenvalue weighted by molar-refractivity contribution is 5.66. The monoisotopic (exact) mass is 180 g/mol. The van der Waals surface area contributed by atoms with Crippen LogP contribution in [-0.2, 0) is 16.1 Å². The van der Waals surface area contributed by atoms with E-state index in [1.54, 1.807) is 0 Å². The number of nitrogens with one attached hydrogen (secondary N) is 1. The van der Waals surface area contributed by atoms with Gasteiger partial charge in [-0.05, 0) is 17.7 Å². The minimum Gasteiger partial charge on any atom is -0.461 e. The van der Waals surface area contributed by atoms with Crippen LogP contribution < -0.4 is 11.3 Å². The van der Waals surface area contributed by atoms with Crippen molar-refractivity contribution in [3.8, 4) is 0 Å². The van der Waals surface area contributed by atoms with Crippen LogP contribution in [0.5, 0.6) is 0 Å². The Kier molecular flexibility index (Phi) is 3.28. The average molecular weight is 180 g/mol. The van der Waals surface area contributed by atoms with Crippen LogP contribution in [0.3, 0.4) is 0 Å². The van der Waals surface area contributed by atoms with Crippen LogP contribution in [0.4, 0.5) is 5.69 Å². The van der Waals surface area contributed by atoms with E-state index in [0.717, 1.165) is 11.3 Å². The van der Waals surface area contributed by atoms with Gasteiger partial charge in [-0.2, -0.15) is 0 Å². The van der Waals surface area contributed by atoms with E-state index in [1.807, 2.05) is 24.3 Å². The van der Waals surface area contributed by atoms with E-state index < -0.39 is 0 Å². The molecular weight excluding hydrogens is 168 g/mol. The molecule has 0 radical (unpaired) electrons. The summed E-state index contributed by atoms with van der Waals surface area (Å²) < 4.78 is 4.82. The Hall–Kier alpha value is -1.55. The molecule has 0 atom stereocenters. The van der Waals surface area contributed by atoms with Gasteiger partial charge in [-0.25, -0.2) is 0 Å². The standard InChI is InChI=1S/C9H12N2O2/c1-7(12)13-6-8-3-2-4-9(5-8)11-10/h2-5,11H,6,10H2,1H3. The fraction of sp³-hybridized carbons (Fsp3) is 0.222. The normalized spacial score (nSPS) is 9.38. The number of anilines is 1. The lowest BCUT2D eigenvalue weighted by atomic mass is 10.2. The van der Waals surface area contributed by atoms with Crippen molar-refractivity contribution in [1.82, 2.24) is 0 Å². The molecule has 13 heavy (non-hydrogen) atoms. The molecule has 70 valence electrons. The minimum atomic E-state index is -0.286. The van der Waals surface area contributed by atoms with Crippen LogP contribution >= 0.6 is 0 Å². The summed E-state index contributed by atoms with van der Waals surface area (Å²) in [5, 5.41) is 0. The van der Waals surface area contributed by atoms with Gasteiger partial charge in [0.15, 0.2) is 0 Å². The van der Waals surface area contributed by atoms with Crippen LogP contribution in [0.15, 0.2) is 24.3 Å². The molecule has 3 N–H and O–H groups in total. The molecule has 0 saturated carbocycles. The van der Waals surface area contributed by atoms with Gasteiger partial charge in [0.25, 0.3) is 0 Å². The van der Waals surface area contributed by atoms with Crippen molar-refractivity contribution in [2.45, 2.75) is 13.5 Å². The van der Waals surface area contributed by atoms with E-state index in [2.05, 4.69) is 5.43 Å². The molecule has 1 rings (SSSR count). The summed E-state index contributed by atoms with van der Waals surface area (Å²) in [6, 6.07) is 7.36. The number of nitrogens with two attached hydrogens (primary N) is 1. The number of hydrogen-bond acceptors (Lipinski definition) is 4. The summed E-state index contributed by atoms with van der Waals surface area (Å²) in [4.78, 5) is 10.5. The maximum absolute atomic E-state index is 10.5. The molecule has 4 nitrogen and oxygen atoms in total. The highest BCUT2D eigenvalue weighted by Gasteiger charge is 1.96. The number of ether oxygens (including phenoxy) is 1. The molecule has 0 aliphatic heterocycles. The van der Waals surface area contributed by atoms with Crippen molar-refractivity contribution < 1.29 is 9.53 Å². The van der Waals surface area contributed by atoms with Gasteiger partial charge >= 0.3 is 5.97 Å². The van der Waals surface area contributed by atoms with Crippen molar-refractivity contribution >= 4 is 11.7 Å². The molecule has 0 heterocycles. The Balaban J connectivity index is 2.61. The van der Waals surface area contributed by atoms with E-state index in [9.17, 15) is 4.79 Å². The van der Waals surface area contributed by atoms with Crippen LogP contribution in [0, 0.1) is 0 Å². The number of nitrogen functional groups attached to an aromatic ring is 1. The maximum atomic E-state index is 10.5. The fourth-order valence-electron chi connectivity index (χ4n) is 0.936. The lowest BCUT2D eigenvalue weighted by molar-refractivity contribution is -0.142. The molecule has 0 saturated heterocycles. The zero-order valence-electron chi connectivity index (χ0n) is 7.41. The zero-order valence-corrected chi connectivity index (χ0v) is 7.41. The van der Waals surface area contributed by atoms with Gasteiger partial charge in [-0.3, -0.25) is 10.6 Å². The molecule has 0 bridgehead atoms. The van der Waals surface area contributed by atoms with Gasteiger partial charge in [0, 0.05) is 12.6 Å². The van der Waals surface area contributed by atoms with Gasteiger partial charge in [0.1, 0.15) is 6.61 Å². The van der Waals surface area contributed by atoms with Crippen molar-refractivity contribution in [2.75, 3.05) is 5.43 Å². The first-order chi connectivity index (χ1) is 6.22. The summed E-state index contributed by atoms with van der Waals surface area (Å²) in [5.74, 6) is 4.93. The first-order valence-corrected chi connectivity index (χ1v) is 3.91. The fourth-order valence-corrected chi connectivity index (χ4v) is 0.936. The van der Waals surface area contributed by atoms with Gasteiger partial charge < -0.3 is 10.2 Å². The third-order valence-electron chi connectivity index (χ3n) is 1.54. The van der Waals surface area contributed by atoms with Crippen molar-refractivity contribution in [1.29, 1.82) is 0 Å². The molecule has 1 aromatic carbocycles. The largest absolute Gasteiger partial charge is 0.461 e. The number of esters is 1. The quantitative estimate of drug-likeness (QED) is 0.414. The van der Waals surface area contributed by atoms with Crippen molar-refractivity contribution in [3.05, 3.63) is 29.8 Å². The van der Waals surface area contributed by atoms with Gasteiger partial charge in [-0.1, -0.05) is 12.1 Å². The first kappa shape index (κ1) is 9.54. The summed E-state index contributed by atoms with van der Waals surface area (Å²) in [6.07, 6.45) is 0. The Morgan fingerprint density at radius 3 is 3.00 bits per heavy atom. The first-order valence-electron chi connectivity index (χ1n) is 3.91. The third kappa shape index (κ3) is 3.13. The molecule has 0 aliphatic carbocycles. The molecule has 0 aromatic heterocycles. The lowest BCUT2D eigenvalue weighted by Gasteiger charge is -2.04. The van der Waals surface area contributed by atoms with E-state index in [0.29, 0.717) is 0 Å². The molecule has 0 spiro atoms. The molecule has 0 aliphatic rings. The second kappa shape index (κ2) is 4.47. The van der Waals surface area contributed by atoms with Crippen molar-refractivity contribution in [2.24, 2.45) is 5.84 Å². The van der Waals surface area contributed by atoms with Crippen LogP contribution in [0.1, 0.15) is 12.5 Å². The highest BCUT2D eigenvalue weighted by Crippen LogP contribution is 2.09. The lowest BCUT2D eigenvalue weighted by Crippen LogP contribution is -2.07. The number of hydrogen-bond donors (Lipinski definition) is 2. The average Bonchev–Trinajstić information content (AvgIpc) is 2.15. The second-order valence-electron chi connectivity index (χ2n) is 2.62. The predicted octanol–water partition coefficient (Wildman–Crippen LogP) is 1.04. The Labute approximate surface area is 76.7 Å². The van der Waals surface area contributed by atoms with Crippen LogP contribution in [-0.4, -0.2) is 5.97 Å². The number of carbonyl (C=O) groups excluding carboxylic acids is 1. The summed E-state index contributed by atoms with van der Waals surface area (Å²) >= 11 is 0.